The molecule has 1 aliphatic rings. The second-order valence-corrected chi connectivity index (χ2v) is 5.91. The Morgan fingerprint density at radius 1 is 1.09 bits per heavy atom. The largest absolute Gasteiger partial charge is 0.349 e. The molecule has 1 atom stereocenters. The molecule has 8 heteroatoms. The molecule has 1 saturated carbocycles. The summed E-state index contributed by atoms with van der Waals surface area (Å²) in [4.78, 5) is 32.6. The van der Waals surface area contributed by atoms with Gasteiger partial charge < -0.3 is 5.32 Å². The number of amides is 1. The normalized spacial score (nSPS) is 16.6. The lowest BCUT2D eigenvalue weighted by Gasteiger charge is -2.28. The van der Waals surface area contributed by atoms with Crippen molar-refractivity contribution in [2.45, 2.75) is 45.1 Å². The van der Waals surface area contributed by atoms with Crippen molar-refractivity contribution in [1.82, 2.24) is 5.32 Å². The second-order valence-electron chi connectivity index (χ2n) is 5.91. The van der Waals surface area contributed by atoms with Gasteiger partial charge in [0.15, 0.2) is 0 Å². The first-order valence-electron chi connectivity index (χ1n) is 7.63. The molecule has 1 aromatic carbocycles. The Bertz CT molecular complexity index is 593. The summed E-state index contributed by atoms with van der Waals surface area (Å²) >= 11 is 0. The lowest BCUT2D eigenvalue weighted by atomic mass is 9.84. The van der Waals surface area contributed by atoms with E-state index >= 15 is 0 Å². The van der Waals surface area contributed by atoms with Crippen molar-refractivity contribution in [3.8, 4) is 0 Å². The molecule has 124 valence electrons. The van der Waals surface area contributed by atoms with E-state index in [4.69, 9.17) is 0 Å². The molecular formula is C15H19N3O5. The van der Waals surface area contributed by atoms with Crippen LogP contribution in [0.15, 0.2) is 18.2 Å². The van der Waals surface area contributed by atoms with Crippen molar-refractivity contribution in [3.05, 3.63) is 44.0 Å². The minimum Gasteiger partial charge on any atom is -0.349 e. The quantitative estimate of drug-likeness (QED) is 0.660. The van der Waals surface area contributed by atoms with Crippen LogP contribution in [0.5, 0.6) is 0 Å². The van der Waals surface area contributed by atoms with Gasteiger partial charge in [0.2, 0.25) is 0 Å². The summed E-state index contributed by atoms with van der Waals surface area (Å²) in [6, 6.07) is 2.91. The first kappa shape index (κ1) is 16.9. The van der Waals surface area contributed by atoms with Crippen molar-refractivity contribution in [2.75, 3.05) is 0 Å². The summed E-state index contributed by atoms with van der Waals surface area (Å²) in [6.45, 7) is 1.90. The van der Waals surface area contributed by atoms with Crippen LogP contribution < -0.4 is 5.32 Å². The number of nitro benzene ring substituents is 2. The van der Waals surface area contributed by atoms with E-state index in [1.165, 1.54) is 6.42 Å². The maximum atomic E-state index is 12.3. The van der Waals surface area contributed by atoms with E-state index in [1.807, 2.05) is 6.92 Å². The number of hydrogen-bond donors (Lipinski definition) is 1. The molecule has 0 heterocycles. The lowest BCUT2D eigenvalue weighted by Crippen LogP contribution is -2.38. The van der Waals surface area contributed by atoms with E-state index < -0.39 is 27.1 Å². The monoisotopic (exact) mass is 321 g/mol. The smallest absolute Gasteiger partial charge is 0.277 e. The highest BCUT2D eigenvalue weighted by Crippen LogP contribution is 2.27. The van der Waals surface area contributed by atoms with Crippen molar-refractivity contribution >= 4 is 17.3 Å². The predicted octanol–water partition coefficient (Wildman–Crippen LogP) is 3.20. The summed E-state index contributed by atoms with van der Waals surface area (Å²) in [7, 11) is 0. The number of nitrogens with zero attached hydrogens (tertiary/aromatic N) is 2. The third-order valence-corrected chi connectivity index (χ3v) is 4.30. The summed E-state index contributed by atoms with van der Waals surface area (Å²) in [5, 5.41) is 24.6. The number of carbonyl (C=O) groups excluding carboxylic acids is 1. The fourth-order valence-corrected chi connectivity index (χ4v) is 2.98. The lowest BCUT2D eigenvalue weighted by molar-refractivity contribution is -0.394. The number of non-ortho nitro benzene ring substituents is 2. The van der Waals surface area contributed by atoms with Gasteiger partial charge >= 0.3 is 0 Å². The zero-order valence-corrected chi connectivity index (χ0v) is 12.9. The van der Waals surface area contributed by atoms with Crippen LogP contribution in [0.4, 0.5) is 11.4 Å². The molecule has 1 fully saturated rings. The predicted molar refractivity (Wildman–Crippen MR) is 83.3 cm³/mol. The van der Waals surface area contributed by atoms with E-state index in [0.717, 1.165) is 43.9 Å². The maximum Gasteiger partial charge on any atom is 0.277 e. The molecule has 1 N–H and O–H groups in total. The molecule has 1 aliphatic carbocycles. The Kier molecular flexibility index (Phi) is 5.25. The van der Waals surface area contributed by atoms with Gasteiger partial charge in [-0.1, -0.05) is 19.3 Å². The Morgan fingerprint density at radius 2 is 1.61 bits per heavy atom. The average Bonchev–Trinajstić information content (AvgIpc) is 2.55. The zero-order valence-electron chi connectivity index (χ0n) is 12.9. The highest BCUT2D eigenvalue weighted by molar-refractivity contribution is 5.95. The Morgan fingerprint density at radius 3 is 2.09 bits per heavy atom. The number of benzene rings is 1. The number of nitro groups is 2. The van der Waals surface area contributed by atoms with Gasteiger partial charge in [-0.3, -0.25) is 25.0 Å². The van der Waals surface area contributed by atoms with Crippen LogP contribution in [-0.4, -0.2) is 21.8 Å². The molecule has 0 saturated heterocycles. The Balaban J connectivity index is 2.17. The molecule has 0 aliphatic heterocycles. The summed E-state index contributed by atoms with van der Waals surface area (Å²) in [6.07, 6.45) is 5.54. The van der Waals surface area contributed by atoms with Gasteiger partial charge in [0, 0.05) is 18.2 Å². The first-order chi connectivity index (χ1) is 10.9. The summed E-state index contributed by atoms with van der Waals surface area (Å²) < 4.78 is 0. The van der Waals surface area contributed by atoms with Crippen LogP contribution >= 0.6 is 0 Å². The summed E-state index contributed by atoms with van der Waals surface area (Å²) in [5.74, 6) is -0.142. The topological polar surface area (TPSA) is 115 Å². The van der Waals surface area contributed by atoms with Gasteiger partial charge in [0.1, 0.15) is 0 Å². The van der Waals surface area contributed by atoms with Crippen LogP contribution in [0, 0.1) is 26.1 Å². The molecule has 0 bridgehead atoms. The van der Waals surface area contributed by atoms with Gasteiger partial charge in [0.25, 0.3) is 17.3 Å². The van der Waals surface area contributed by atoms with E-state index in [1.54, 1.807) is 0 Å². The van der Waals surface area contributed by atoms with Crippen molar-refractivity contribution in [3.63, 3.8) is 0 Å². The summed E-state index contributed by atoms with van der Waals surface area (Å²) in [5.41, 5.74) is -0.988. The highest BCUT2D eigenvalue weighted by Gasteiger charge is 2.24. The molecule has 1 unspecified atom stereocenters. The molecule has 8 nitrogen and oxygen atoms in total. The van der Waals surface area contributed by atoms with E-state index in [9.17, 15) is 25.0 Å². The number of nitrogens with one attached hydrogen (secondary N) is 1. The Hall–Kier alpha value is -2.51. The molecule has 0 spiro atoms. The van der Waals surface area contributed by atoms with E-state index in [0.29, 0.717) is 5.92 Å². The van der Waals surface area contributed by atoms with Crippen molar-refractivity contribution in [1.29, 1.82) is 0 Å². The van der Waals surface area contributed by atoms with Gasteiger partial charge in [0.05, 0.1) is 21.5 Å². The van der Waals surface area contributed by atoms with Gasteiger partial charge in [-0.05, 0) is 25.7 Å². The van der Waals surface area contributed by atoms with Crippen molar-refractivity contribution in [2.24, 2.45) is 5.92 Å². The number of carbonyl (C=O) groups is 1. The minimum atomic E-state index is -0.742. The van der Waals surface area contributed by atoms with Crippen LogP contribution in [0.3, 0.4) is 0 Å². The average molecular weight is 321 g/mol. The molecule has 23 heavy (non-hydrogen) atoms. The zero-order chi connectivity index (χ0) is 17.0. The molecule has 0 aromatic heterocycles. The van der Waals surface area contributed by atoms with Gasteiger partial charge in [-0.25, -0.2) is 0 Å². The van der Waals surface area contributed by atoms with E-state index in [-0.39, 0.29) is 11.6 Å². The first-order valence-corrected chi connectivity index (χ1v) is 7.63. The second kappa shape index (κ2) is 7.17. The third-order valence-electron chi connectivity index (χ3n) is 4.30. The number of rotatable bonds is 5. The molecule has 1 amide bonds. The van der Waals surface area contributed by atoms with Crippen LogP contribution in [-0.2, 0) is 0 Å². The SMILES string of the molecule is CC(NC(=O)c1cc([N+](=O)[O-])cc([N+](=O)[O-])c1)C1CCCCC1. The number of hydrogen-bond acceptors (Lipinski definition) is 5. The van der Waals surface area contributed by atoms with Gasteiger partial charge in [-0.2, -0.15) is 0 Å². The third kappa shape index (κ3) is 4.24. The minimum absolute atomic E-state index is 0.0615. The molecule has 2 rings (SSSR count). The van der Waals surface area contributed by atoms with Crippen LogP contribution in [0.1, 0.15) is 49.4 Å². The molecule has 1 aromatic rings. The molecular weight excluding hydrogens is 302 g/mol. The van der Waals surface area contributed by atoms with Gasteiger partial charge in [-0.15, -0.1) is 0 Å². The fourth-order valence-electron chi connectivity index (χ4n) is 2.98. The van der Waals surface area contributed by atoms with Crippen LogP contribution in [0.25, 0.3) is 0 Å². The van der Waals surface area contributed by atoms with E-state index in [2.05, 4.69) is 5.32 Å². The standard InChI is InChI=1S/C15H19N3O5/c1-10(11-5-3-2-4-6-11)16-15(19)12-7-13(17(20)21)9-14(8-12)18(22)23/h7-11H,2-6H2,1H3,(H,16,19). The molecule has 0 radical (unpaired) electrons. The maximum absolute atomic E-state index is 12.3. The Labute approximate surface area is 133 Å². The van der Waals surface area contributed by atoms with Crippen molar-refractivity contribution < 1.29 is 14.6 Å². The fraction of sp³-hybridized carbons (Fsp3) is 0.533. The van der Waals surface area contributed by atoms with Crippen LogP contribution in [0.2, 0.25) is 0 Å². The highest BCUT2D eigenvalue weighted by atomic mass is 16.6.